The van der Waals surface area contributed by atoms with Crippen LogP contribution < -0.4 is 16.4 Å². The Kier molecular flexibility index (Phi) is 3.84. The van der Waals surface area contributed by atoms with Gasteiger partial charge in [0.2, 0.25) is 0 Å². The second kappa shape index (κ2) is 5.56. The average Bonchev–Trinajstić information content (AvgIpc) is 2.43. The molecule has 0 atom stereocenters. The van der Waals surface area contributed by atoms with E-state index in [0.717, 1.165) is 0 Å². The van der Waals surface area contributed by atoms with Crippen LogP contribution in [0.3, 0.4) is 0 Å². The lowest BCUT2D eigenvalue weighted by Gasteiger charge is -2.23. The summed E-state index contributed by atoms with van der Waals surface area (Å²) in [6.45, 7) is 2.34. The summed E-state index contributed by atoms with van der Waals surface area (Å²) in [4.78, 5) is 17.1. The number of carbonyl (C=O) groups excluding carboxylic acids is 1. The van der Waals surface area contributed by atoms with Gasteiger partial charge < -0.3 is 16.4 Å². The summed E-state index contributed by atoms with van der Waals surface area (Å²) in [5.41, 5.74) is 11.6. The van der Waals surface area contributed by atoms with Crippen LogP contribution >= 0.6 is 0 Å². The minimum absolute atomic E-state index is 0.171. The van der Waals surface area contributed by atoms with E-state index in [2.05, 4.69) is 4.98 Å². The van der Waals surface area contributed by atoms with Gasteiger partial charge in [-0.1, -0.05) is 12.1 Å². The van der Waals surface area contributed by atoms with Crippen molar-refractivity contribution in [2.75, 3.05) is 17.2 Å². The minimum atomic E-state index is -0.643. The Morgan fingerprint density at radius 2 is 2.10 bits per heavy atom. The maximum atomic E-state index is 13.9. The third-order valence-electron chi connectivity index (χ3n) is 2.92. The number of nitrogen functional groups attached to an aromatic ring is 1. The summed E-state index contributed by atoms with van der Waals surface area (Å²) in [6, 6.07) is 7.81. The number of carbonyl (C=O) groups is 1. The molecule has 0 radical (unpaired) electrons. The standard InChI is InChI=1S/C14H15FN4O/c1-2-19(12-6-4-3-5-10(12)15)13-7-9(14(17)20)11(16)8-18-13/h3-8H,2,16H2,1H3,(H2,17,20). The lowest BCUT2D eigenvalue weighted by atomic mass is 10.2. The second-order valence-corrected chi connectivity index (χ2v) is 4.19. The van der Waals surface area contributed by atoms with Crippen LogP contribution in [0.5, 0.6) is 0 Å². The molecule has 4 N–H and O–H groups in total. The van der Waals surface area contributed by atoms with E-state index in [9.17, 15) is 9.18 Å². The fourth-order valence-corrected chi connectivity index (χ4v) is 1.94. The van der Waals surface area contributed by atoms with Crippen LogP contribution in [0.25, 0.3) is 0 Å². The molecule has 5 nitrogen and oxygen atoms in total. The maximum absolute atomic E-state index is 13.9. The predicted octanol–water partition coefficient (Wildman–Crippen LogP) is 2.06. The number of para-hydroxylation sites is 1. The van der Waals surface area contributed by atoms with Crippen molar-refractivity contribution in [3.05, 3.63) is 47.9 Å². The van der Waals surface area contributed by atoms with Crippen LogP contribution in [0, 0.1) is 5.82 Å². The van der Waals surface area contributed by atoms with E-state index in [-0.39, 0.29) is 17.1 Å². The number of nitrogens with two attached hydrogens (primary N) is 2. The van der Waals surface area contributed by atoms with E-state index >= 15 is 0 Å². The summed E-state index contributed by atoms with van der Waals surface area (Å²) < 4.78 is 13.9. The van der Waals surface area contributed by atoms with Gasteiger partial charge in [-0.3, -0.25) is 4.79 Å². The van der Waals surface area contributed by atoms with E-state index in [4.69, 9.17) is 11.5 Å². The third-order valence-corrected chi connectivity index (χ3v) is 2.92. The van der Waals surface area contributed by atoms with E-state index in [1.165, 1.54) is 18.3 Å². The third kappa shape index (κ3) is 2.54. The minimum Gasteiger partial charge on any atom is -0.397 e. The Morgan fingerprint density at radius 3 is 2.70 bits per heavy atom. The van der Waals surface area contributed by atoms with Gasteiger partial charge in [-0.05, 0) is 25.1 Å². The second-order valence-electron chi connectivity index (χ2n) is 4.19. The molecule has 20 heavy (non-hydrogen) atoms. The molecule has 1 heterocycles. The topological polar surface area (TPSA) is 85.2 Å². The molecule has 0 aliphatic rings. The molecule has 0 spiro atoms. The number of benzene rings is 1. The number of anilines is 3. The van der Waals surface area contributed by atoms with Gasteiger partial charge in [-0.2, -0.15) is 0 Å². The van der Waals surface area contributed by atoms with Crippen molar-refractivity contribution in [3.8, 4) is 0 Å². The number of hydrogen-bond donors (Lipinski definition) is 2. The van der Waals surface area contributed by atoms with Crippen molar-refractivity contribution in [1.82, 2.24) is 4.98 Å². The average molecular weight is 274 g/mol. The quantitative estimate of drug-likeness (QED) is 0.893. The summed E-state index contributed by atoms with van der Waals surface area (Å²) in [5.74, 6) is -0.593. The van der Waals surface area contributed by atoms with Crippen molar-refractivity contribution >= 4 is 23.1 Å². The van der Waals surface area contributed by atoms with Crippen LogP contribution in [-0.4, -0.2) is 17.4 Å². The van der Waals surface area contributed by atoms with Crippen molar-refractivity contribution in [1.29, 1.82) is 0 Å². The van der Waals surface area contributed by atoms with Gasteiger partial charge in [0.1, 0.15) is 11.6 Å². The Balaban J connectivity index is 2.50. The lowest BCUT2D eigenvalue weighted by molar-refractivity contribution is 0.100. The zero-order valence-electron chi connectivity index (χ0n) is 11.0. The molecule has 0 bridgehead atoms. The van der Waals surface area contributed by atoms with Crippen LogP contribution in [-0.2, 0) is 0 Å². The van der Waals surface area contributed by atoms with Gasteiger partial charge in [-0.15, -0.1) is 0 Å². The molecule has 0 unspecified atom stereocenters. The summed E-state index contributed by atoms with van der Waals surface area (Å²) in [6.07, 6.45) is 1.35. The molecule has 104 valence electrons. The molecule has 0 saturated carbocycles. The van der Waals surface area contributed by atoms with Gasteiger partial charge in [0.25, 0.3) is 5.91 Å². The molecule has 1 aromatic heterocycles. The van der Waals surface area contributed by atoms with Crippen LogP contribution in [0.1, 0.15) is 17.3 Å². The van der Waals surface area contributed by atoms with Crippen LogP contribution in [0.2, 0.25) is 0 Å². The van der Waals surface area contributed by atoms with Crippen molar-refractivity contribution in [2.24, 2.45) is 5.73 Å². The highest BCUT2D eigenvalue weighted by Gasteiger charge is 2.15. The SMILES string of the molecule is CCN(c1cc(C(N)=O)c(N)cn1)c1ccccc1F. The highest BCUT2D eigenvalue weighted by molar-refractivity contribution is 5.98. The van der Waals surface area contributed by atoms with Gasteiger partial charge in [0.15, 0.2) is 0 Å². The van der Waals surface area contributed by atoms with Crippen LogP contribution in [0.15, 0.2) is 36.5 Å². The molecule has 1 aromatic carbocycles. The fourth-order valence-electron chi connectivity index (χ4n) is 1.94. The molecule has 2 aromatic rings. The smallest absolute Gasteiger partial charge is 0.250 e. The highest BCUT2D eigenvalue weighted by Crippen LogP contribution is 2.27. The largest absolute Gasteiger partial charge is 0.397 e. The van der Waals surface area contributed by atoms with Crippen molar-refractivity contribution in [3.63, 3.8) is 0 Å². The van der Waals surface area contributed by atoms with E-state index in [1.54, 1.807) is 23.1 Å². The Labute approximate surface area is 116 Å². The number of amides is 1. The first kappa shape index (κ1) is 13.8. The molecule has 0 fully saturated rings. The monoisotopic (exact) mass is 274 g/mol. The molecule has 0 saturated heterocycles. The Morgan fingerprint density at radius 1 is 1.40 bits per heavy atom. The summed E-state index contributed by atoms with van der Waals surface area (Å²) >= 11 is 0. The normalized spacial score (nSPS) is 10.3. The van der Waals surface area contributed by atoms with E-state index < -0.39 is 5.91 Å². The first-order valence-corrected chi connectivity index (χ1v) is 6.12. The highest BCUT2D eigenvalue weighted by atomic mass is 19.1. The summed E-state index contributed by atoms with van der Waals surface area (Å²) in [5, 5.41) is 0. The Bertz CT molecular complexity index is 645. The van der Waals surface area contributed by atoms with Crippen LogP contribution in [0.4, 0.5) is 21.6 Å². The van der Waals surface area contributed by atoms with Gasteiger partial charge in [-0.25, -0.2) is 9.37 Å². The Hall–Kier alpha value is -2.63. The molecular formula is C14H15FN4O. The van der Waals surface area contributed by atoms with Crippen molar-refractivity contribution < 1.29 is 9.18 Å². The fraction of sp³-hybridized carbons (Fsp3) is 0.143. The number of halogens is 1. The molecule has 6 heteroatoms. The van der Waals surface area contributed by atoms with Gasteiger partial charge in [0.05, 0.1) is 23.1 Å². The number of pyridine rings is 1. The predicted molar refractivity (Wildman–Crippen MR) is 76.2 cm³/mol. The number of hydrogen-bond acceptors (Lipinski definition) is 4. The first-order chi connectivity index (χ1) is 9.54. The maximum Gasteiger partial charge on any atom is 0.250 e. The van der Waals surface area contributed by atoms with Crippen molar-refractivity contribution in [2.45, 2.75) is 6.92 Å². The van der Waals surface area contributed by atoms with E-state index in [1.807, 2.05) is 6.92 Å². The number of aromatic nitrogens is 1. The molecule has 2 rings (SSSR count). The lowest BCUT2D eigenvalue weighted by Crippen LogP contribution is -2.21. The number of rotatable bonds is 4. The summed E-state index contributed by atoms with van der Waals surface area (Å²) in [7, 11) is 0. The first-order valence-electron chi connectivity index (χ1n) is 6.12. The zero-order valence-corrected chi connectivity index (χ0v) is 11.0. The molecule has 1 amide bonds. The molecular weight excluding hydrogens is 259 g/mol. The van der Waals surface area contributed by atoms with Gasteiger partial charge >= 0.3 is 0 Å². The number of primary amides is 1. The zero-order chi connectivity index (χ0) is 14.7. The van der Waals surface area contributed by atoms with E-state index in [0.29, 0.717) is 18.1 Å². The van der Waals surface area contributed by atoms with Gasteiger partial charge in [0, 0.05) is 6.54 Å². The molecule has 0 aliphatic carbocycles. The molecule has 0 aliphatic heterocycles. The number of nitrogens with zero attached hydrogens (tertiary/aromatic N) is 2.